The molecule has 0 fully saturated rings. The lowest BCUT2D eigenvalue weighted by molar-refractivity contribution is 0.395. The summed E-state index contributed by atoms with van der Waals surface area (Å²) in [5.74, 6) is 2.28. The van der Waals surface area contributed by atoms with E-state index in [1.54, 1.807) is 14.2 Å². The van der Waals surface area contributed by atoms with Gasteiger partial charge in [0.25, 0.3) is 5.89 Å². The molecule has 0 spiro atoms. The molecule has 27 heavy (non-hydrogen) atoms. The molecule has 2 heterocycles. The number of hydrogen-bond donors (Lipinski definition) is 1. The Labute approximate surface area is 156 Å². The number of aromatic amines is 1. The molecule has 0 radical (unpaired) electrons. The topological polar surface area (TPSA) is 86.1 Å². The number of methoxy groups -OCH3 is 2. The van der Waals surface area contributed by atoms with Crippen molar-refractivity contribution in [1.29, 1.82) is 0 Å². The zero-order valence-corrected chi connectivity index (χ0v) is 15.2. The number of nitrogens with zero attached hydrogens (tertiary/aromatic N) is 3. The van der Waals surface area contributed by atoms with Crippen molar-refractivity contribution >= 4 is 0 Å². The summed E-state index contributed by atoms with van der Waals surface area (Å²) < 4.78 is 16.1. The lowest BCUT2D eigenvalue weighted by atomic mass is 10.1. The largest absolute Gasteiger partial charge is 0.497 e. The van der Waals surface area contributed by atoms with E-state index in [1.165, 1.54) is 5.56 Å². The van der Waals surface area contributed by atoms with Crippen molar-refractivity contribution in [2.75, 3.05) is 14.2 Å². The van der Waals surface area contributed by atoms with Crippen molar-refractivity contribution in [3.63, 3.8) is 0 Å². The minimum atomic E-state index is 0.372. The normalized spacial score (nSPS) is 10.8. The van der Waals surface area contributed by atoms with Crippen molar-refractivity contribution in [2.24, 2.45) is 0 Å². The standard InChI is InChI=1S/C20H18N4O3/c1-12-4-6-13(7-5-12)19-21-20(27-24-19)17-11-16(22-23-17)15-9-8-14(25-2)10-18(15)26-3/h4-11H,1-3H3,(H,22,23). The smallest absolute Gasteiger partial charge is 0.276 e. The number of rotatable bonds is 5. The van der Waals surface area contributed by atoms with Crippen LogP contribution in [0.4, 0.5) is 0 Å². The molecule has 7 heteroatoms. The van der Waals surface area contributed by atoms with Crippen LogP contribution in [-0.2, 0) is 0 Å². The molecule has 2 aromatic heterocycles. The molecule has 0 aliphatic carbocycles. The number of aryl methyl sites for hydroxylation is 1. The van der Waals surface area contributed by atoms with Crippen LogP contribution in [0.2, 0.25) is 0 Å². The molecule has 2 aromatic carbocycles. The maximum atomic E-state index is 5.44. The van der Waals surface area contributed by atoms with Crippen LogP contribution in [0.3, 0.4) is 0 Å². The maximum Gasteiger partial charge on any atom is 0.276 e. The molecule has 0 unspecified atom stereocenters. The van der Waals surface area contributed by atoms with Crippen LogP contribution < -0.4 is 9.47 Å². The van der Waals surface area contributed by atoms with E-state index < -0.39 is 0 Å². The van der Waals surface area contributed by atoms with E-state index in [1.807, 2.05) is 55.5 Å². The van der Waals surface area contributed by atoms with E-state index in [2.05, 4.69) is 20.3 Å². The van der Waals surface area contributed by atoms with E-state index in [0.717, 1.165) is 11.1 Å². The molecule has 0 aliphatic heterocycles. The summed E-state index contributed by atoms with van der Waals surface area (Å²) in [5.41, 5.74) is 4.24. The van der Waals surface area contributed by atoms with E-state index >= 15 is 0 Å². The average Bonchev–Trinajstić information content (AvgIpc) is 3.37. The molecule has 0 atom stereocenters. The van der Waals surface area contributed by atoms with E-state index in [9.17, 15) is 0 Å². The highest BCUT2D eigenvalue weighted by atomic mass is 16.5. The Morgan fingerprint density at radius 3 is 2.52 bits per heavy atom. The molecule has 1 N–H and O–H groups in total. The fourth-order valence-electron chi connectivity index (χ4n) is 2.73. The summed E-state index contributed by atoms with van der Waals surface area (Å²) >= 11 is 0. The predicted octanol–water partition coefficient (Wildman–Crippen LogP) is 4.12. The van der Waals surface area contributed by atoms with Gasteiger partial charge < -0.3 is 14.0 Å². The molecule has 0 saturated heterocycles. The fourth-order valence-corrected chi connectivity index (χ4v) is 2.73. The molecular weight excluding hydrogens is 344 g/mol. The summed E-state index contributed by atoms with van der Waals surface area (Å²) in [6.07, 6.45) is 0. The van der Waals surface area contributed by atoms with Gasteiger partial charge >= 0.3 is 0 Å². The van der Waals surface area contributed by atoms with Crippen molar-refractivity contribution in [2.45, 2.75) is 6.92 Å². The lowest BCUT2D eigenvalue weighted by Gasteiger charge is -2.08. The number of hydrogen-bond acceptors (Lipinski definition) is 6. The van der Waals surface area contributed by atoms with Crippen LogP contribution in [0, 0.1) is 6.92 Å². The van der Waals surface area contributed by atoms with Crippen molar-refractivity contribution in [3.05, 3.63) is 54.1 Å². The second-order valence-corrected chi connectivity index (χ2v) is 6.02. The molecule has 136 valence electrons. The Morgan fingerprint density at radius 1 is 0.963 bits per heavy atom. The third-order valence-corrected chi connectivity index (χ3v) is 4.23. The molecule has 4 rings (SSSR count). The first-order chi connectivity index (χ1) is 13.2. The van der Waals surface area contributed by atoms with Gasteiger partial charge in [-0.25, -0.2) is 0 Å². The Hall–Kier alpha value is -3.61. The van der Waals surface area contributed by atoms with Gasteiger partial charge in [-0.2, -0.15) is 10.1 Å². The van der Waals surface area contributed by atoms with Gasteiger partial charge in [-0.05, 0) is 25.1 Å². The zero-order valence-electron chi connectivity index (χ0n) is 15.2. The van der Waals surface area contributed by atoms with Gasteiger partial charge in [-0.1, -0.05) is 35.0 Å². The molecule has 0 aliphatic rings. The highest BCUT2D eigenvalue weighted by molar-refractivity contribution is 5.71. The van der Waals surface area contributed by atoms with Crippen LogP contribution in [0.25, 0.3) is 34.2 Å². The molecule has 4 aromatic rings. The quantitative estimate of drug-likeness (QED) is 0.575. The SMILES string of the molecule is COc1ccc(-c2cc(-c3nc(-c4ccc(C)cc4)no3)[nH]n2)c(OC)c1. The summed E-state index contributed by atoms with van der Waals surface area (Å²) in [5, 5.41) is 11.3. The minimum absolute atomic E-state index is 0.372. The Kier molecular flexibility index (Phi) is 4.33. The number of benzene rings is 2. The third kappa shape index (κ3) is 3.27. The Balaban J connectivity index is 1.65. The van der Waals surface area contributed by atoms with Crippen LogP contribution >= 0.6 is 0 Å². The number of ether oxygens (including phenoxy) is 2. The summed E-state index contributed by atoms with van der Waals surface area (Å²) in [6.45, 7) is 2.03. The summed E-state index contributed by atoms with van der Waals surface area (Å²) in [7, 11) is 3.22. The fraction of sp³-hybridized carbons (Fsp3) is 0.150. The van der Waals surface area contributed by atoms with Gasteiger partial charge in [-0.3, -0.25) is 5.10 Å². The van der Waals surface area contributed by atoms with E-state index in [4.69, 9.17) is 14.0 Å². The number of nitrogens with one attached hydrogen (secondary N) is 1. The highest BCUT2D eigenvalue weighted by Gasteiger charge is 2.16. The van der Waals surface area contributed by atoms with Crippen LogP contribution in [-0.4, -0.2) is 34.6 Å². The first kappa shape index (κ1) is 16.8. The van der Waals surface area contributed by atoms with Crippen molar-refractivity contribution < 1.29 is 14.0 Å². The highest BCUT2D eigenvalue weighted by Crippen LogP contribution is 2.33. The minimum Gasteiger partial charge on any atom is -0.497 e. The van der Waals surface area contributed by atoms with Crippen LogP contribution in [0.1, 0.15) is 5.56 Å². The number of aromatic nitrogens is 4. The molecular formula is C20H18N4O3. The first-order valence-electron chi connectivity index (χ1n) is 8.37. The van der Waals surface area contributed by atoms with E-state index in [0.29, 0.717) is 34.6 Å². The van der Waals surface area contributed by atoms with Gasteiger partial charge in [0.15, 0.2) is 0 Å². The Bertz CT molecular complexity index is 1070. The van der Waals surface area contributed by atoms with Gasteiger partial charge in [0.05, 0.1) is 19.9 Å². The van der Waals surface area contributed by atoms with Gasteiger partial charge in [0.2, 0.25) is 5.82 Å². The van der Waals surface area contributed by atoms with E-state index in [-0.39, 0.29) is 0 Å². The van der Waals surface area contributed by atoms with Crippen molar-refractivity contribution in [3.8, 4) is 45.7 Å². The predicted molar refractivity (Wildman–Crippen MR) is 101 cm³/mol. The second-order valence-electron chi connectivity index (χ2n) is 6.02. The first-order valence-corrected chi connectivity index (χ1v) is 8.37. The van der Waals surface area contributed by atoms with Crippen molar-refractivity contribution in [1.82, 2.24) is 20.3 Å². The molecule has 7 nitrogen and oxygen atoms in total. The maximum absolute atomic E-state index is 5.44. The molecule has 0 amide bonds. The zero-order chi connectivity index (χ0) is 18.8. The van der Waals surface area contributed by atoms with Gasteiger partial charge in [0.1, 0.15) is 17.2 Å². The van der Waals surface area contributed by atoms with Gasteiger partial charge in [0, 0.05) is 17.2 Å². The molecule has 0 saturated carbocycles. The average molecular weight is 362 g/mol. The Morgan fingerprint density at radius 2 is 1.78 bits per heavy atom. The monoisotopic (exact) mass is 362 g/mol. The summed E-state index contributed by atoms with van der Waals surface area (Å²) in [6, 6.07) is 15.3. The second kappa shape index (κ2) is 6.95. The number of H-pyrrole nitrogens is 1. The van der Waals surface area contributed by atoms with Crippen LogP contribution in [0.15, 0.2) is 53.1 Å². The van der Waals surface area contributed by atoms with Crippen LogP contribution in [0.5, 0.6) is 11.5 Å². The third-order valence-electron chi connectivity index (χ3n) is 4.23. The molecule has 0 bridgehead atoms. The van der Waals surface area contributed by atoms with Gasteiger partial charge in [-0.15, -0.1) is 0 Å². The lowest BCUT2D eigenvalue weighted by Crippen LogP contribution is -1.90. The summed E-state index contributed by atoms with van der Waals surface area (Å²) in [4.78, 5) is 4.46.